The number of nitrogens with zero attached hydrogens (tertiary/aromatic N) is 2. The highest BCUT2D eigenvalue weighted by molar-refractivity contribution is 9.10. The second-order valence-electron chi connectivity index (χ2n) is 7.41. The van der Waals surface area contributed by atoms with Crippen molar-refractivity contribution in [3.8, 4) is 11.5 Å². The fourth-order valence-electron chi connectivity index (χ4n) is 3.86. The lowest BCUT2D eigenvalue weighted by atomic mass is 9.95. The van der Waals surface area contributed by atoms with E-state index in [2.05, 4.69) is 20.9 Å². The van der Waals surface area contributed by atoms with Crippen LogP contribution in [0.15, 0.2) is 77.0 Å². The first kappa shape index (κ1) is 22.5. The van der Waals surface area contributed by atoms with Crippen LogP contribution in [0.25, 0.3) is 5.76 Å². The number of hydrogen-bond donors (Lipinski definition) is 1. The maximum Gasteiger partial charge on any atom is 0.295 e. The van der Waals surface area contributed by atoms with E-state index in [0.717, 1.165) is 10.0 Å². The summed E-state index contributed by atoms with van der Waals surface area (Å²) in [4.78, 5) is 31.8. The van der Waals surface area contributed by atoms with Crippen molar-refractivity contribution in [2.45, 2.75) is 12.6 Å². The summed E-state index contributed by atoms with van der Waals surface area (Å²) in [6.45, 7) is 0.169. The molecular formula is C25H21BrN2O5. The van der Waals surface area contributed by atoms with Gasteiger partial charge in [-0.15, -0.1) is 0 Å². The number of rotatable bonds is 6. The van der Waals surface area contributed by atoms with Crippen molar-refractivity contribution in [2.75, 3.05) is 14.2 Å². The summed E-state index contributed by atoms with van der Waals surface area (Å²) in [5.74, 6) is -0.842. The summed E-state index contributed by atoms with van der Waals surface area (Å²) in [6.07, 6.45) is 3.28. The first-order valence-corrected chi connectivity index (χ1v) is 10.9. The number of likely N-dealkylation sites (tertiary alicyclic amines) is 1. The van der Waals surface area contributed by atoms with Crippen molar-refractivity contribution < 1.29 is 24.2 Å². The van der Waals surface area contributed by atoms with Crippen LogP contribution in [0.1, 0.15) is 22.7 Å². The molecule has 1 saturated heterocycles. The zero-order valence-electron chi connectivity index (χ0n) is 18.0. The van der Waals surface area contributed by atoms with Gasteiger partial charge in [0.25, 0.3) is 11.7 Å². The van der Waals surface area contributed by atoms with Crippen LogP contribution in [0.2, 0.25) is 0 Å². The van der Waals surface area contributed by atoms with E-state index in [1.54, 1.807) is 36.7 Å². The first-order valence-electron chi connectivity index (χ1n) is 10.1. The molecule has 1 fully saturated rings. The molecule has 0 saturated carbocycles. The molecule has 1 atom stereocenters. The Hall–Kier alpha value is -3.65. The number of carbonyl (C=O) groups excluding carboxylic acids is 2. The molecule has 1 amide bonds. The van der Waals surface area contributed by atoms with Crippen molar-refractivity contribution >= 4 is 33.4 Å². The van der Waals surface area contributed by atoms with E-state index in [1.807, 2.05) is 30.3 Å². The molecule has 0 spiro atoms. The third-order valence-electron chi connectivity index (χ3n) is 5.46. The van der Waals surface area contributed by atoms with Gasteiger partial charge in [-0.2, -0.15) is 0 Å². The summed E-state index contributed by atoms with van der Waals surface area (Å²) in [6, 6.07) is 14.9. The molecule has 8 heteroatoms. The molecule has 1 aliphatic rings. The van der Waals surface area contributed by atoms with Crippen molar-refractivity contribution in [2.24, 2.45) is 0 Å². The summed E-state index contributed by atoms with van der Waals surface area (Å²) >= 11 is 3.41. The molecule has 0 bridgehead atoms. The number of halogens is 1. The highest BCUT2D eigenvalue weighted by Gasteiger charge is 2.46. The zero-order valence-corrected chi connectivity index (χ0v) is 19.6. The van der Waals surface area contributed by atoms with Crippen LogP contribution in [0, 0.1) is 0 Å². The van der Waals surface area contributed by atoms with Gasteiger partial charge in [0.05, 0.1) is 25.8 Å². The molecule has 2 aromatic carbocycles. The van der Waals surface area contributed by atoms with Gasteiger partial charge in [-0.3, -0.25) is 14.6 Å². The number of pyridine rings is 1. The number of amides is 1. The van der Waals surface area contributed by atoms with Crippen LogP contribution in [0.3, 0.4) is 0 Å². The van der Waals surface area contributed by atoms with Crippen LogP contribution >= 0.6 is 15.9 Å². The minimum Gasteiger partial charge on any atom is -0.507 e. The number of aromatic nitrogens is 1. The Morgan fingerprint density at radius 3 is 2.42 bits per heavy atom. The van der Waals surface area contributed by atoms with E-state index in [-0.39, 0.29) is 17.9 Å². The van der Waals surface area contributed by atoms with Gasteiger partial charge in [0, 0.05) is 29.0 Å². The number of carbonyl (C=O) groups is 2. The maximum atomic E-state index is 13.2. The average Bonchev–Trinajstić information content (AvgIpc) is 3.09. The van der Waals surface area contributed by atoms with E-state index in [0.29, 0.717) is 22.6 Å². The van der Waals surface area contributed by atoms with Gasteiger partial charge in [-0.05, 0) is 47.5 Å². The smallest absolute Gasteiger partial charge is 0.295 e. The molecule has 1 aromatic heterocycles. The fraction of sp³-hybridized carbons (Fsp3) is 0.160. The average molecular weight is 509 g/mol. The Labute approximate surface area is 199 Å². The molecule has 1 N–H and O–H groups in total. The standard InChI is InChI=1S/C25H21BrN2O5/c1-32-19-10-7-17(12-20(19)33-2)23(29)21-22(16-5-8-18(26)9-6-16)28(25(31)24(21)30)14-15-4-3-11-27-13-15/h3-13,22,29H,14H2,1-2H3/t22-/m1/s1. The summed E-state index contributed by atoms with van der Waals surface area (Å²) in [7, 11) is 2.99. The highest BCUT2D eigenvalue weighted by Crippen LogP contribution is 2.41. The Kier molecular flexibility index (Phi) is 6.46. The van der Waals surface area contributed by atoms with Gasteiger partial charge in [0.1, 0.15) is 5.76 Å². The summed E-state index contributed by atoms with van der Waals surface area (Å²) in [5.41, 5.74) is 1.82. The number of benzene rings is 2. The van der Waals surface area contributed by atoms with Gasteiger partial charge < -0.3 is 19.5 Å². The Morgan fingerprint density at radius 1 is 1.06 bits per heavy atom. The van der Waals surface area contributed by atoms with Gasteiger partial charge in [-0.25, -0.2) is 0 Å². The second kappa shape index (κ2) is 9.46. The molecule has 0 radical (unpaired) electrons. The fourth-order valence-corrected chi connectivity index (χ4v) is 4.13. The lowest BCUT2D eigenvalue weighted by Gasteiger charge is -2.25. The molecular weight excluding hydrogens is 488 g/mol. The third kappa shape index (κ3) is 4.34. The Morgan fingerprint density at radius 2 is 1.79 bits per heavy atom. The molecule has 33 heavy (non-hydrogen) atoms. The summed E-state index contributed by atoms with van der Waals surface area (Å²) in [5, 5.41) is 11.2. The lowest BCUT2D eigenvalue weighted by molar-refractivity contribution is -0.140. The van der Waals surface area contributed by atoms with Crippen LogP contribution in [-0.4, -0.2) is 40.9 Å². The molecule has 2 heterocycles. The number of aliphatic hydroxyl groups is 1. The Bertz CT molecular complexity index is 1230. The minimum absolute atomic E-state index is 0.0124. The molecule has 0 unspecified atom stereocenters. The molecule has 7 nitrogen and oxygen atoms in total. The molecule has 0 aliphatic carbocycles. The monoisotopic (exact) mass is 508 g/mol. The van der Waals surface area contributed by atoms with E-state index in [9.17, 15) is 14.7 Å². The third-order valence-corrected chi connectivity index (χ3v) is 5.99. The van der Waals surface area contributed by atoms with Gasteiger partial charge >= 0.3 is 0 Å². The van der Waals surface area contributed by atoms with Crippen LogP contribution in [-0.2, 0) is 16.1 Å². The highest BCUT2D eigenvalue weighted by atomic mass is 79.9. The number of ketones is 1. The van der Waals surface area contributed by atoms with Gasteiger partial charge in [-0.1, -0.05) is 34.1 Å². The topological polar surface area (TPSA) is 89.0 Å². The maximum absolute atomic E-state index is 13.2. The van der Waals surface area contributed by atoms with Crippen molar-refractivity contribution in [1.29, 1.82) is 0 Å². The normalized spacial score (nSPS) is 17.3. The van der Waals surface area contributed by atoms with E-state index >= 15 is 0 Å². The number of Topliss-reactive ketones (excluding diaryl/α,β-unsaturated/α-hetero) is 1. The predicted octanol–water partition coefficient (Wildman–Crippen LogP) is 4.48. The van der Waals surface area contributed by atoms with Crippen molar-refractivity contribution in [1.82, 2.24) is 9.88 Å². The quantitative estimate of drug-likeness (QED) is 0.300. The molecule has 4 rings (SSSR count). The zero-order chi connectivity index (χ0) is 23.5. The number of ether oxygens (including phenoxy) is 2. The second-order valence-corrected chi connectivity index (χ2v) is 8.33. The minimum atomic E-state index is -0.772. The molecule has 3 aromatic rings. The van der Waals surface area contributed by atoms with E-state index in [1.165, 1.54) is 19.1 Å². The van der Waals surface area contributed by atoms with Gasteiger partial charge in [0.15, 0.2) is 11.5 Å². The van der Waals surface area contributed by atoms with Gasteiger partial charge in [0.2, 0.25) is 0 Å². The van der Waals surface area contributed by atoms with E-state index < -0.39 is 17.7 Å². The summed E-state index contributed by atoms with van der Waals surface area (Å²) < 4.78 is 11.4. The van der Waals surface area contributed by atoms with Crippen molar-refractivity contribution in [3.63, 3.8) is 0 Å². The number of hydrogen-bond acceptors (Lipinski definition) is 6. The predicted molar refractivity (Wildman–Crippen MR) is 126 cm³/mol. The number of methoxy groups -OCH3 is 2. The van der Waals surface area contributed by atoms with E-state index in [4.69, 9.17) is 9.47 Å². The first-order chi connectivity index (χ1) is 15.9. The SMILES string of the molecule is COc1ccc(C(O)=C2C(=O)C(=O)N(Cc3cccnc3)[C@@H]2c2ccc(Br)cc2)cc1OC. The van der Waals surface area contributed by atoms with Crippen molar-refractivity contribution in [3.05, 3.63) is 93.7 Å². The van der Waals surface area contributed by atoms with Crippen LogP contribution in [0.5, 0.6) is 11.5 Å². The van der Waals surface area contributed by atoms with Crippen LogP contribution < -0.4 is 9.47 Å². The number of aliphatic hydroxyl groups excluding tert-OH is 1. The molecule has 1 aliphatic heterocycles. The Balaban J connectivity index is 1.86. The largest absolute Gasteiger partial charge is 0.507 e. The molecule has 168 valence electrons. The van der Waals surface area contributed by atoms with Crippen LogP contribution in [0.4, 0.5) is 0 Å². The lowest BCUT2D eigenvalue weighted by Crippen LogP contribution is -2.29.